The molecule has 162 valence electrons. The number of nitrogens with zero attached hydrogens (tertiary/aromatic N) is 1. The van der Waals surface area contributed by atoms with Crippen LogP contribution < -0.4 is 0 Å². The van der Waals surface area contributed by atoms with Gasteiger partial charge in [0.1, 0.15) is 0 Å². The predicted molar refractivity (Wildman–Crippen MR) is 112 cm³/mol. The molecule has 0 unspecified atom stereocenters. The Kier molecular flexibility index (Phi) is 15.4. The fraction of sp³-hybridized carbons (Fsp3) is 1.00. The zero-order valence-electron chi connectivity index (χ0n) is 17.6. The van der Waals surface area contributed by atoms with Crippen LogP contribution in [0.25, 0.3) is 0 Å². The van der Waals surface area contributed by atoms with E-state index in [1.54, 1.807) is 0 Å². The quantitative estimate of drug-likeness (QED) is 0.284. The first-order chi connectivity index (χ1) is 13.1. The summed E-state index contributed by atoms with van der Waals surface area (Å²) in [5.41, 5.74) is 0. The van der Waals surface area contributed by atoms with Crippen LogP contribution >= 0.6 is 0 Å². The number of ether oxygens (including phenoxy) is 1. The maximum atomic E-state index is 11.9. The van der Waals surface area contributed by atoms with Crippen LogP contribution in [0.2, 0.25) is 0 Å². The second-order valence-corrected chi connectivity index (χ2v) is 9.50. The third-order valence-electron chi connectivity index (χ3n) is 5.19. The summed E-state index contributed by atoms with van der Waals surface area (Å²) in [6.07, 6.45) is 19.2. The summed E-state index contributed by atoms with van der Waals surface area (Å²) >= 11 is 0. The summed E-state index contributed by atoms with van der Waals surface area (Å²) in [6.45, 7) is 4.39. The lowest BCUT2D eigenvalue weighted by atomic mass is 10.0. The van der Waals surface area contributed by atoms with E-state index in [-0.39, 0.29) is 5.75 Å². The van der Waals surface area contributed by atoms with Crippen LogP contribution in [0.4, 0.5) is 0 Å². The van der Waals surface area contributed by atoms with E-state index in [1.165, 1.54) is 82.1 Å². The van der Waals surface area contributed by atoms with Gasteiger partial charge >= 0.3 is 0 Å². The van der Waals surface area contributed by atoms with Crippen molar-refractivity contribution < 1.29 is 17.4 Å². The molecule has 0 N–H and O–H groups in total. The summed E-state index contributed by atoms with van der Waals surface area (Å²) in [5.74, 6) is 0.128. The SMILES string of the molecule is CCCCCCCCCCCCCCCCCS(=O)(=O)ON1CCOCC1. The summed E-state index contributed by atoms with van der Waals surface area (Å²) < 4.78 is 34.2. The average Bonchev–Trinajstić information content (AvgIpc) is 2.65. The Labute approximate surface area is 168 Å². The Balaban J connectivity index is 1.82. The van der Waals surface area contributed by atoms with Gasteiger partial charge in [0, 0.05) is 13.1 Å². The smallest absolute Gasteiger partial charge is 0.283 e. The largest absolute Gasteiger partial charge is 0.379 e. The van der Waals surface area contributed by atoms with Gasteiger partial charge in [0.15, 0.2) is 0 Å². The molecule has 0 atom stereocenters. The van der Waals surface area contributed by atoms with Gasteiger partial charge < -0.3 is 4.74 Å². The highest BCUT2D eigenvalue weighted by molar-refractivity contribution is 7.86. The molecule has 0 aromatic rings. The lowest BCUT2D eigenvalue weighted by Crippen LogP contribution is -2.38. The van der Waals surface area contributed by atoms with Crippen molar-refractivity contribution >= 4 is 10.1 Å². The standard InChI is InChI=1S/C21H43NO4S/c1-2-3-4-5-6-7-8-9-10-11-12-13-14-15-16-21-27(23,24)26-22-17-19-25-20-18-22/h2-21H2,1H3. The van der Waals surface area contributed by atoms with E-state index >= 15 is 0 Å². The molecule has 0 aliphatic carbocycles. The maximum absolute atomic E-state index is 11.9. The number of morpholine rings is 1. The van der Waals surface area contributed by atoms with E-state index < -0.39 is 10.1 Å². The Morgan fingerprint density at radius 1 is 0.704 bits per heavy atom. The topological polar surface area (TPSA) is 55.8 Å². The predicted octanol–water partition coefficient (Wildman–Crippen LogP) is 5.45. The van der Waals surface area contributed by atoms with Crippen LogP contribution in [0.3, 0.4) is 0 Å². The minimum Gasteiger partial charge on any atom is -0.379 e. The van der Waals surface area contributed by atoms with E-state index in [2.05, 4.69) is 6.92 Å². The van der Waals surface area contributed by atoms with Crippen molar-refractivity contribution in [1.82, 2.24) is 5.06 Å². The van der Waals surface area contributed by atoms with E-state index in [4.69, 9.17) is 9.02 Å². The Morgan fingerprint density at radius 2 is 1.11 bits per heavy atom. The molecule has 0 aromatic heterocycles. The van der Waals surface area contributed by atoms with E-state index in [0.29, 0.717) is 32.7 Å². The molecule has 1 aliphatic heterocycles. The molecule has 1 aliphatic rings. The van der Waals surface area contributed by atoms with Crippen LogP contribution in [0.1, 0.15) is 103 Å². The van der Waals surface area contributed by atoms with Gasteiger partial charge in [0.2, 0.25) is 0 Å². The van der Waals surface area contributed by atoms with E-state index in [9.17, 15) is 8.42 Å². The Bertz CT molecular complexity index is 422. The van der Waals surface area contributed by atoms with Gasteiger partial charge in [0.25, 0.3) is 10.1 Å². The summed E-state index contributed by atoms with van der Waals surface area (Å²) in [5, 5.41) is 1.50. The third-order valence-corrected chi connectivity index (χ3v) is 6.41. The zero-order chi connectivity index (χ0) is 19.6. The van der Waals surface area contributed by atoms with Crippen molar-refractivity contribution in [3.63, 3.8) is 0 Å². The first-order valence-corrected chi connectivity index (χ1v) is 13.0. The first kappa shape index (κ1) is 24.9. The van der Waals surface area contributed by atoms with Crippen LogP contribution in [0.5, 0.6) is 0 Å². The van der Waals surface area contributed by atoms with E-state index in [1.807, 2.05) is 0 Å². The minimum absolute atomic E-state index is 0.128. The number of rotatable bonds is 18. The molecule has 5 nitrogen and oxygen atoms in total. The monoisotopic (exact) mass is 405 g/mol. The number of unbranched alkanes of at least 4 members (excludes halogenated alkanes) is 14. The Morgan fingerprint density at radius 3 is 1.56 bits per heavy atom. The summed E-state index contributed by atoms with van der Waals surface area (Å²) in [6, 6.07) is 0. The summed E-state index contributed by atoms with van der Waals surface area (Å²) in [4.78, 5) is 0. The summed E-state index contributed by atoms with van der Waals surface area (Å²) in [7, 11) is -3.43. The number of hydrogen-bond donors (Lipinski definition) is 0. The highest BCUT2D eigenvalue weighted by Crippen LogP contribution is 2.14. The molecule has 1 rings (SSSR count). The molecule has 0 radical (unpaired) electrons. The molecule has 6 heteroatoms. The highest BCUT2D eigenvalue weighted by atomic mass is 32.2. The fourth-order valence-electron chi connectivity index (χ4n) is 3.47. The second kappa shape index (κ2) is 16.8. The van der Waals surface area contributed by atoms with Crippen molar-refractivity contribution in [3.05, 3.63) is 0 Å². The lowest BCUT2D eigenvalue weighted by Gasteiger charge is -2.24. The van der Waals surface area contributed by atoms with Gasteiger partial charge in [-0.2, -0.15) is 17.8 Å². The van der Waals surface area contributed by atoms with Crippen molar-refractivity contribution in [2.24, 2.45) is 0 Å². The second-order valence-electron chi connectivity index (χ2n) is 7.83. The van der Waals surface area contributed by atoms with E-state index in [0.717, 1.165) is 12.8 Å². The first-order valence-electron chi connectivity index (χ1n) is 11.4. The minimum atomic E-state index is -3.43. The van der Waals surface area contributed by atoms with Gasteiger partial charge in [0.05, 0.1) is 19.0 Å². The molecule has 0 bridgehead atoms. The average molecular weight is 406 g/mol. The molecule has 0 aromatic carbocycles. The normalized spacial score (nSPS) is 16.0. The zero-order valence-corrected chi connectivity index (χ0v) is 18.4. The van der Waals surface area contributed by atoms with Crippen LogP contribution in [0, 0.1) is 0 Å². The lowest BCUT2D eigenvalue weighted by molar-refractivity contribution is -0.113. The molecule has 0 spiro atoms. The molecular formula is C21H43NO4S. The van der Waals surface area contributed by atoms with Crippen molar-refractivity contribution in [3.8, 4) is 0 Å². The number of hydroxylamine groups is 2. The van der Waals surface area contributed by atoms with Crippen LogP contribution in [-0.4, -0.2) is 45.5 Å². The van der Waals surface area contributed by atoms with Gasteiger partial charge in [-0.15, -0.1) is 0 Å². The van der Waals surface area contributed by atoms with Crippen molar-refractivity contribution in [1.29, 1.82) is 0 Å². The molecule has 1 saturated heterocycles. The Hall–Kier alpha value is -0.170. The van der Waals surface area contributed by atoms with Crippen molar-refractivity contribution in [2.45, 2.75) is 103 Å². The molecule has 1 fully saturated rings. The van der Waals surface area contributed by atoms with Crippen LogP contribution in [0.15, 0.2) is 0 Å². The molecule has 27 heavy (non-hydrogen) atoms. The maximum Gasteiger partial charge on any atom is 0.283 e. The molecule has 1 heterocycles. The molecule has 0 saturated carbocycles. The van der Waals surface area contributed by atoms with Gasteiger partial charge in [-0.25, -0.2) is 0 Å². The highest BCUT2D eigenvalue weighted by Gasteiger charge is 2.19. The number of hydrogen-bond acceptors (Lipinski definition) is 5. The van der Waals surface area contributed by atoms with Gasteiger partial charge in [-0.3, -0.25) is 0 Å². The van der Waals surface area contributed by atoms with Gasteiger partial charge in [-0.1, -0.05) is 96.8 Å². The van der Waals surface area contributed by atoms with Crippen molar-refractivity contribution in [2.75, 3.05) is 32.1 Å². The molecule has 0 amide bonds. The van der Waals surface area contributed by atoms with Crippen LogP contribution in [-0.2, 0) is 19.1 Å². The van der Waals surface area contributed by atoms with Gasteiger partial charge in [-0.05, 0) is 6.42 Å². The molecular weight excluding hydrogens is 362 g/mol. The fourth-order valence-corrected chi connectivity index (χ4v) is 4.57. The third kappa shape index (κ3) is 15.4.